The van der Waals surface area contributed by atoms with Crippen molar-refractivity contribution in [1.82, 2.24) is 14.8 Å². The number of hydrogen-bond donors (Lipinski definition) is 0. The van der Waals surface area contributed by atoms with Gasteiger partial charge in [-0.3, -0.25) is 9.59 Å². The van der Waals surface area contributed by atoms with Gasteiger partial charge in [0.25, 0.3) is 0 Å². The molecule has 0 N–H and O–H groups in total. The second kappa shape index (κ2) is 7.84. The largest absolute Gasteiger partial charge is 0.481 e. The lowest BCUT2D eigenvalue weighted by molar-refractivity contribution is -0.139. The highest BCUT2D eigenvalue weighted by molar-refractivity contribution is 5.84. The Balaban J connectivity index is 1.40. The van der Waals surface area contributed by atoms with Crippen molar-refractivity contribution >= 4 is 11.8 Å². The molecule has 0 unspecified atom stereocenters. The summed E-state index contributed by atoms with van der Waals surface area (Å²) in [6.07, 6.45) is 5.33. The van der Waals surface area contributed by atoms with E-state index >= 15 is 0 Å². The van der Waals surface area contributed by atoms with Crippen LogP contribution in [0, 0.1) is 5.92 Å². The van der Waals surface area contributed by atoms with Gasteiger partial charge in [0.1, 0.15) is 0 Å². The van der Waals surface area contributed by atoms with Gasteiger partial charge in [-0.25, -0.2) is 4.98 Å². The van der Waals surface area contributed by atoms with Crippen molar-refractivity contribution in [2.75, 3.05) is 33.4 Å². The number of carbonyl (C=O) groups is 2. The minimum absolute atomic E-state index is 0.0311. The first-order valence-electron chi connectivity index (χ1n) is 9.84. The summed E-state index contributed by atoms with van der Waals surface area (Å²) in [5.41, 5.74) is 1.00. The normalized spacial score (nSPS) is 25.7. The molecule has 3 fully saturated rings. The summed E-state index contributed by atoms with van der Waals surface area (Å²) < 4.78 is 10.7. The molecule has 3 aliphatic rings. The standard InChI is InChI=1S/C20H27N3O4/c1-26-19-14(3-2-8-21-19)4-9-22-16-5-10-23(17(16)13-18(22)24)20(25)15-6-11-27-12-7-15/h2-3,8,15-17H,4-7,9-13H2,1H3/t16-,17-/m0/s1. The number of rotatable bonds is 5. The molecular weight excluding hydrogens is 346 g/mol. The van der Waals surface area contributed by atoms with Gasteiger partial charge in [-0.2, -0.15) is 0 Å². The minimum atomic E-state index is 0.0311. The predicted octanol–water partition coefficient (Wildman–Crippen LogP) is 1.26. The Morgan fingerprint density at radius 2 is 2.11 bits per heavy atom. The van der Waals surface area contributed by atoms with Crippen molar-refractivity contribution in [2.45, 2.75) is 44.2 Å². The number of carbonyl (C=O) groups excluding carboxylic acids is 2. The van der Waals surface area contributed by atoms with Gasteiger partial charge in [-0.05, 0) is 31.7 Å². The van der Waals surface area contributed by atoms with Gasteiger partial charge in [-0.1, -0.05) is 6.07 Å². The lowest BCUT2D eigenvalue weighted by Gasteiger charge is -2.30. The Kier molecular flexibility index (Phi) is 5.29. The molecule has 0 radical (unpaired) electrons. The SMILES string of the molecule is COc1ncccc1CCN1C(=O)C[C@H]2[C@@H]1CCN2C(=O)C1CCOCC1. The van der Waals surface area contributed by atoms with Crippen LogP contribution < -0.4 is 4.74 Å². The predicted molar refractivity (Wildman–Crippen MR) is 98.3 cm³/mol. The number of ether oxygens (including phenoxy) is 2. The maximum Gasteiger partial charge on any atom is 0.226 e. The van der Waals surface area contributed by atoms with Gasteiger partial charge in [0, 0.05) is 50.4 Å². The highest BCUT2D eigenvalue weighted by atomic mass is 16.5. The molecule has 27 heavy (non-hydrogen) atoms. The molecule has 4 heterocycles. The fourth-order valence-corrected chi connectivity index (χ4v) is 4.71. The van der Waals surface area contributed by atoms with E-state index in [9.17, 15) is 9.59 Å². The smallest absolute Gasteiger partial charge is 0.226 e. The van der Waals surface area contributed by atoms with E-state index in [0.29, 0.717) is 38.5 Å². The quantitative estimate of drug-likeness (QED) is 0.777. The summed E-state index contributed by atoms with van der Waals surface area (Å²) in [5, 5.41) is 0. The molecule has 0 bridgehead atoms. The average Bonchev–Trinajstić information content (AvgIpc) is 3.25. The number of aromatic nitrogens is 1. The first kappa shape index (κ1) is 18.2. The van der Waals surface area contributed by atoms with Crippen LogP contribution in [0.4, 0.5) is 0 Å². The van der Waals surface area contributed by atoms with Crippen LogP contribution in [0.5, 0.6) is 5.88 Å². The molecule has 7 nitrogen and oxygen atoms in total. The number of methoxy groups -OCH3 is 1. The van der Waals surface area contributed by atoms with E-state index in [4.69, 9.17) is 9.47 Å². The van der Waals surface area contributed by atoms with Crippen LogP contribution in [0.15, 0.2) is 18.3 Å². The van der Waals surface area contributed by atoms with E-state index in [1.54, 1.807) is 13.3 Å². The Morgan fingerprint density at radius 3 is 2.89 bits per heavy atom. The number of pyridine rings is 1. The molecule has 0 saturated carbocycles. The van der Waals surface area contributed by atoms with Crippen LogP contribution in [-0.2, 0) is 20.7 Å². The van der Waals surface area contributed by atoms with Crippen molar-refractivity contribution in [3.05, 3.63) is 23.9 Å². The number of fused-ring (bicyclic) bond motifs is 1. The lowest BCUT2D eigenvalue weighted by Crippen LogP contribution is -2.43. The van der Waals surface area contributed by atoms with Crippen LogP contribution in [0.3, 0.4) is 0 Å². The van der Waals surface area contributed by atoms with Crippen molar-refractivity contribution in [3.63, 3.8) is 0 Å². The van der Waals surface area contributed by atoms with E-state index in [0.717, 1.165) is 31.4 Å². The molecule has 0 aromatic carbocycles. The summed E-state index contributed by atoms with van der Waals surface area (Å²) in [6.45, 7) is 2.72. The first-order valence-corrected chi connectivity index (χ1v) is 9.84. The number of likely N-dealkylation sites (tertiary alicyclic amines) is 2. The van der Waals surface area contributed by atoms with Crippen LogP contribution >= 0.6 is 0 Å². The zero-order chi connectivity index (χ0) is 18.8. The van der Waals surface area contributed by atoms with Gasteiger partial charge in [0.2, 0.25) is 17.7 Å². The summed E-state index contributed by atoms with van der Waals surface area (Å²) >= 11 is 0. The van der Waals surface area contributed by atoms with Crippen molar-refractivity contribution in [2.24, 2.45) is 5.92 Å². The highest BCUT2D eigenvalue weighted by Crippen LogP contribution is 2.34. The first-order chi connectivity index (χ1) is 13.2. The minimum Gasteiger partial charge on any atom is -0.481 e. The fourth-order valence-electron chi connectivity index (χ4n) is 4.71. The van der Waals surface area contributed by atoms with Crippen molar-refractivity contribution < 1.29 is 19.1 Å². The van der Waals surface area contributed by atoms with Gasteiger partial charge < -0.3 is 19.3 Å². The molecule has 2 amide bonds. The highest BCUT2D eigenvalue weighted by Gasteiger charge is 2.48. The molecule has 1 aromatic heterocycles. The second-order valence-corrected chi connectivity index (χ2v) is 7.55. The van der Waals surface area contributed by atoms with Crippen LogP contribution in [0.2, 0.25) is 0 Å². The topological polar surface area (TPSA) is 72.0 Å². The van der Waals surface area contributed by atoms with Gasteiger partial charge in [0.15, 0.2) is 0 Å². The third kappa shape index (κ3) is 3.52. The Labute approximate surface area is 159 Å². The van der Waals surface area contributed by atoms with Crippen LogP contribution in [0.25, 0.3) is 0 Å². The summed E-state index contributed by atoms with van der Waals surface area (Å²) in [4.78, 5) is 33.7. The second-order valence-electron chi connectivity index (χ2n) is 7.55. The molecule has 146 valence electrons. The average molecular weight is 373 g/mol. The Morgan fingerprint density at radius 1 is 1.30 bits per heavy atom. The number of hydrogen-bond acceptors (Lipinski definition) is 5. The van der Waals surface area contributed by atoms with Crippen LogP contribution in [0.1, 0.15) is 31.2 Å². The van der Waals surface area contributed by atoms with Crippen LogP contribution in [-0.4, -0.2) is 72.1 Å². The molecule has 3 saturated heterocycles. The van der Waals surface area contributed by atoms with E-state index in [-0.39, 0.29) is 29.8 Å². The molecule has 3 aliphatic heterocycles. The fraction of sp³-hybridized carbons (Fsp3) is 0.650. The maximum absolute atomic E-state index is 12.9. The summed E-state index contributed by atoms with van der Waals surface area (Å²) in [5.74, 6) is 1.04. The number of nitrogens with zero attached hydrogens (tertiary/aromatic N) is 3. The van der Waals surface area contributed by atoms with E-state index in [1.807, 2.05) is 21.9 Å². The third-order valence-corrected chi connectivity index (χ3v) is 6.13. The molecule has 7 heteroatoms. The molecule has 2 atom stereocenters. The molecule has 0 aliphatic carbocycles. The number of amides is 2. The zero-order valence-electron chi connectivity index (χ0n) is 15.8. The zero-order valence-corrected chi connectivity index (χ0v) is 15.8. The van der Waals surface area contributed by atoms with E-state index in [2.05, 4.69) is 4.98 Å². The molecule has 4 rings (SSSR count). The maximum atomic E-state index is 12.9. The summed E-state index contributed by atoms with van der Waals surface area (Å²) in [6, 6.07) is 4.04. The van der Waals surface area contributed by atoms with Crippen molar-refractivity contribution in [3.8, 4) is 5.88 Å². The monoisotopic (exact) mass is 373 g/mol. The molecular formula is C20H27N3O4. The third-order valence-electron chi connectivity index (χ3n) is 6.13. The van der Waals surface area contributed by atoms with E-state index < -0.39 is 0 Å². The van der Waals surface area contributed by atoms with Crippen molar-refractivity contribution in [1.29, 1.82) is 0 Å². The molecule has 1 aromatic rings. The molecule has 0 spiro atoms. The van der Waals surface area contributed by atoms with E-state index in [1.165, 1.54) is 0 Å². The van der Waals surface area contributed by atoms with Gasteiger partial charge in [0.05, 0.1) is 19.2 Å². The Bertz CT molecular complexity index is 704. The lowest BCUT2D eigenvalue weighted by atomic mass is 9.98. The Hall–Kier alpha value is -2.15. The summed E-state index contributed by atoms with van der Waals surface area (Å²) in [7, 11) is 1.61. The van der Waals surface area contributed by atoms with Gasteiger partial charge >= 0.3 is 0 Å². The van der Waals surface area contributed by atoms with Gasteiger partial charge in [-0.15, -0.1) is 0 Å².